The lowest BCUT2D eigenvalue weighted by molar-refractivity contribution is 0.551. The molecule has 0 spiro atoms. The second-order valence-corrected chi connectivity index (χ2v) is 6.04. The van der Waals surface area contributed by atoms with Gasteiger partial charge in [-0.1, -0.05) is 18.2 Å². The van der Waals surface area contributed by atoms with Crippen LogP contribution in [0.2, 0.25) is 0 Å². The van der Waals surface area contributed by atoms with Crippen molar-refractivity contribution in [2.24, 2.45) is 4.99 Å². The quantitative estimate of drug-likeness (QED) is 0.631. The van der Waals surface area contributed by atoms with Crippen LogP contribution in [0, 0.1) is 0 Å². The summed E-state index contributed by atoms with van der Waals surface area (Å²) < 4.78 is 0. The van der Waals surface area contributed by atoms with Crippen LogP contribution < -0.4 is 0 Å². The number of hydrogen-bond acceptors (Lipinski definition) is 3. The molecule has 1 heterocycles. The number of hydrogen-bond donors (Lipinski definition) is 0. The fourth-order valence-electron chi connectivity index (χ4n) is 2.99. The Morgan fingerprint density at radius 2 is 2.00 bits per heavy atom. The zero-order valence-electron chi connectivity index (χ0n) is 13.5. The van der Waals surface area contributed by atoms with Gasteiger partial charge in [-0.05, 0) is 42.9 Å². The lowest BCUT2D eigenvalue weighted by Gasteiger charge is -2.25. The Labute approximate surface area is 131 Å². The number of rotatable bonds is 2. The average molecular weight is 294 g/mol. The summed E-state index contributed by atoms with van der Waals surface area (Å²) in [6, 6.07) is 6.92. The third-order valence-electron chi connectivity index (χ3n) is 4.34. The van der Waals surface area contributed by atoms with Crippen molar-refractivity contribution in [3.8, 4) is 11.1 Å². The van der Waals surface area contributed by atoms with Gasteiger partial charge in [0, 0.05) is 32.1 Å². The van der Waals surface area contributed by atoms with E-state index in [1.165, 1.54) is 16.7 Å². The van der Waals surface area contributed by atoms with Crippen molar-refractivity contribution in [3.63, 3.8) is 0 Å². The molecule has 0 bridgehead atoms. The molecule has 2 aromatic rings. The number of amidine groups is 1. The topological polar surface area (TPSA) is 41.4 Å². The summed E-state index contributed by atoms with van der Waals surface area (Å²) >= 11 is 0. The van der Waals surface area contributed by atoms with Gasteiger partial charge in [-0.15, -0.1) is 0 Å². The van der Waals surface area contributed by atoms with Crippen molar-refractivity contribution >= 4 is 5.84 Å². The zero-order valence-corrected chi connectivity index (χ0v) is 13.5. The Kier molecular flexibility index (Phi) is 4.18. The number of aromatic nitrogens is 2. The first-order chi connectivity index (χ1) is 10.6. The van der Waals surface area contributed by atoms with Crippen molar-refractivity contribution in [2.75, 3.05) is 14.1 Å². The number of aliphatic imine (C=N–C) groups is 1. The van der Waals surface area contributed by atoms with Crippen LogP contribution >= 0.6 is 0 Å². The van der Waals surface area contributed by atoms with Crippen LogP contribution in [0.1, 0.15) is 24.5 Å². The molecule has 1 atom stereocenters. The van der Waals surface area contributed by atoms with Crippen LogP contribution in [-0.2, 0) is 12.8 Å². The molecule has 3 rings (SSSR count). The Morgan fingerprint density at radius 1 is 1.23 bits per heavy atom. The van der Waals surface area contributed by atoms with E-state index in [0.717, 1.165) is 30.7 Å². The van der Waals surface area contributed by atoms with Gasteiger partial charge in [-0.25, -0.2) is 9.97 Å². The largest absolute Gasteiger partial charge is 0.367 e. The van der Waals surface area contributed by atoms with E-state index in [9.17, 15) is 0 Å². The molecular formula is C18H22N4. The summed E-state index contributed by atoms with van der Waals surface area (Å²) in [6.07, 6.45) is 8.54. The lowest BCUT2D eigenvalue weighted by Crippen LogP contribution is -2.24. The van der Waals surface area contributed by atoms with Crippen molar-refractivity contribution in [1.29, 1.82) is 0 Å². The molecule has 1 aliphatic carbocycles. The Morgan fingerprint density at radius 3 is 2.73 bits per heavy atom. The fourth-order valence-corrected chi connectivity index (χ4v) is 2.99. The van der Waals surface area contributed by atoms with Gasteiger partial charge < -0.3 is 4.90 Å². The third-order valence-corrected chi connectivity index (χ3v) is 4.34. The Bertz CT molecular complexity index is 677. The number of benzene rings is 1. The van der Waals surface area contributed by atoms with E-state index < -0.39 is 0 Å². The van der Waals surface area contributed by atoms with Gasteiger partial charge in [-0.3, -0.25) is 4.99 Å². The first kappa shape index (κ1) is 14.7. The lowest BCUT2D eigenvalue weighted by atomic mass is 9.84. The molecule has 4 heteroatoms. The number of fused-ring (bicyclic) bond motifs is 1. The SMILES string of the molecule is CC(=NC1CCc2c(cccc2-c2cncnc2)C1)N(C)C. The van der Waals surface area contributed by atoms with Crippen molar-refractivity contribution in [2.45, 2.75) is 32.2 Å². The maximum atomic E-state index is 4.85. The summed E-state index contributed by atoms with van der Waals surface area (Å²) in [6.45, 7) is 2.08. The van der Waals surface area contributed by atoms with E-state index in [1.807, 2.05) is 26.5 Å². The van der Waals surface area contributed by atoms with Gasteiger partial charge in [0.25, 0.3) is 0 Å². The highest BCUT2D eigenvalue weighted by atomic mass is 15.1. The van der Waals surface area contributed by atoms with Crippen LogP contribution in [0.4, 0.5) is 0 Å². The summed E-state index contributed by atoms with van der Waals surface area (Å²) in [5.41, 5.74) is 5.22. The zero-order chi connectivity index (χ0) is 15.5. The van der Waals surface area contributed by atoms with E-state index in [2.05, 4.69) is 40.0 Å². The minimum Gasteiger partial charge on any atom is -0.367 e. The normalized spacial score (nSPS) is 18.0. The molecule has 0 N–H and O–H groups in total. The summed E-state index contributed by atoms with van der Waals surface area (Å²) in [5, 5.41) is 0. The summed E-state index contributed by atoms with van der Waals surface area (Å²) in [7, 11) is 4.09. The van der Waals surface area contributed by atoms with Gasteiger partial charge in [0.2, 0.25) is 0 Å². The molecular weight excluding hydrogens is 272 g/mol. The van der Waals surface area contributed by atoms with E-state index in [1.54, 1.807) is 6.33 Å². The van der Waals surface area contributed by atoms with Crippen molar-refractivity contribution in [1.82, 2.24) is 14.9 Å². The Balaban J connectivity index is 1.90. The van der Waals surface area contributed by atoms with Crippen LogP contribution in [-0.4, -0.2) is 40.8 Å². The first-order valence-electron chi connectivity index (χ1n) is 7.73. The van der Waals surface area contributed by atoms with E-state index in [0.29, 0.717) is 6.04 Å². The maximum Gasteiger partial charge on any atom is 0.115 e. The molecule has 0 saturated carbocycles. The molecule has 1 unspecified atom stereocenters. The first-order valence-corrected chi connectivity index (χ1v) is 7.73. The van der Waals surface area contributed by atoms with Gasteiger partial charge >= 0.3 is 0 Å². The van der Waals surface area contributed by atoms with Crippen LogP contribution in [0.15, 0.2) is 41.9 Å². The average Bonchev–Trinajstić information content (AvgIpc) is 2.54. The molecule has 0 aliphatic heterocycles. The third kappa shape index (κ3) is 3.01. The summed E-state index contributed by atoms with van der Waals surface area (Å²) in [4.78, 5) is 15.2. The molecule has 4 nitrogen and oxygen atoms in total. The second-order valence-electron chi connectivity index (χ2n) is 6.04. The van der Waals surface area contributed by atoms with E-state index >= 15 is 0 Å². The monoisotopic (exact) mass is 294 g/mol. The van der Waals surface area contributed by atoms with Crippen molar-refractivity contribution < 1.29 is 0 Å². The smallest absolute Gasteiger partial charge is 0.115 e. The van der Waals surface area contributed by atoms with Crippen LogP contribution in [0.25, 0.3) is 11.1 Å². The van der Waals surface area contributed by atoms with Gasteiger partial charge in [0.15, 0.2) is 0 Å². The highest BCUT2D eigenvalue weighted by molar-refractivity contribution is 5.79. The van der Waals surface area contributed by atoms with Gasteiger partial charge in [0.05, 0.1) is 11.9 Å². The fraction of sp³-hybridized carbons (Fsp3) is 0.389. The molecule has 22 heavy (non-hydrogen) atoms. The van der Waals surface area contributed by atoms with Gasteiger partial charge in [-0.2, -0.15) is 0 Å². The van der Waals surface area contributed by atoms with E-state index in [4.69, 9.17) is 4.99 Å². The predicted molar refractivity (Wildman–Crippen MR) is 90.1 cm³/mol. The molecule has 1 aromatic carbocycles. The van der Waals surface area contributed by atoms with E-state index in [-0.39, 0.29) is 0 Å². The molecule has 0 amide bonds. The minimum absolute atomic E-state index is 0.386. The molecule has 1 aliphatic rings. The van der Waals surface area contributed by atoms with Crippen LogP contribution in [0.5, 0.6) is 0 Å². The highest BCUT2D eigenvalue weighted by Crippen LogP contribution is 2.31. The highest BCUT2D eigenvalue weighted by Gasteiger charge is 2.21. The Hall–Kier alpha value is -2.23. The van der Waals surface area contributed by atoms with Crippen LogP contribution in [0.3, 0.4) is 0 Å². The molecule has 1 aromatic heterocycles. The van der Waals surface area contributed by atoms with Gasteiger partial charge in [0.1, 0.15) is 6.33 Å². The molecule has 0 radical (unpaired) electrons. The maximum absolute atomic E-state index is 4.85. The number of nitrogens with zero attached hydrogens (tertiary/aromatic N) is 4. The predicted octanol–water partition coefficient (Wildman–Crippen LogP) is 2.98. The minimum atomic E-state index is 0.386. The van der Waals surface area contributed by atoms with Crippen molar-refractivity contribution in [3.05, 3.63) is 48.0 Å². The standard InChI is InChI=1S/C18H22N4/c1-13(22(2)3)21-16-7-8-18-14(9-16)5-4-6-17(18)15-10-19-12-20-11-15/h4-6,10-12,16H,7-9H2,1-3H3. The molecule has 114 valence electrons. The second kappa shape index (κ2) is 6.26. The molecule has 0 fully saturated rings. The summed E-state index contributed by atoms with van der Waals surface area (Å²) in [5.74, 6) is 1.10. The molecule has 0 saturated heterocycles.